The molecule has 146 valence electrons. The average Bonchev–Trinajstić information content (AvgIpc) is 3.51. The molecule has 0 amide bonds. The van der Waals surface area contributed by atoms with Crippen LogP contribution in [0.4, 0.5) is 0 Å². The van der Waals surface area contributed by atoms with E-state index in [1.165, 1.54) is 28.9 Å². The van der Waals surface area contributed by atoms with Crippen molar-refractivity contribution in [3.05, 3.63) is 64.7 Å². The van der Waals surface area contributed by atoms with Crippen molar-refractivity contribution in [1.29, 1.82) is 0 Å². The number of nitrogens with one attached hydrogen (secondary N) is 1. The van der Waals surface area contributed by atoms with Gasteiger partial charge in [-0.3, -0.25) is 4.98 Å². The van der Waals surface area contributed by atoms with Crippen LogP contribution in [0.1, 0.15) is 43.7 Å². The topological polar surface area (TPSA) is 40.1 Å². The van der Waals surface area contributed by atoms with Crippen LogP contribution in [0.3, 0.4) is 0 Å². The summed E-state index contributed by atoms with van der Waals surface area (Å²) >= 11 is 5.68. The van der Waals surface area contributed by atoms with Gasteiger partial charge in [-0.1, -0.05) is 38.1 Å². The summed E-state index contributed by atoms with van der Waals surface area (Å²) in [6.07, 6.45) is 6.16. The van der Waals surface area contributed by atoms with Gasteiger partial charge >= 0.3 is 0 Å². The number of aromatic nitrogens is 4. The highest BCUT2D eigenvalue weighted by atomic mass is 32.1. The Balaban J connectivity index is 1.55. The Morgan fingerprint density at radius 2 is 1.79 bits per heavy atom. The van der Waals surface area contributed by atoms with Gasteiger partial charge in [0.25, 0.3) is 0 Å². The molecule has 0 saturated heterocycles. The van der Waals surface area contributed by atoms with Gasteiger partial charge in [0.05, 0.1) is 6.04 Å². The molecule has 0 bridgehead atoms. The van der Waals surface area contributed by atoms with Gasteiger partial charge in [-0.05, 0) is 35.8 Å². The standard InChI is InChI=1S/C22H27N5S/c1-16(2)18-6-4-17(5-7-18)14-26(20-8-9-20)15-27-22(28)25(3)21(24-27)19-10-12-23-13-11-19/h4-7,10-13,16,20H,8-9,14-15H2,1-3H3/p+1. The molecule has 1 saturated carbocycles. The molecular weight excluding hydrogens is 366 g/mol. The second kappa shape index (κ2) is 7.97. The summed E-state index contributed by atoms with van der Waals surface area (Å²) in [5.41, 5.74) is 3.81. The average molecular weight is 395 g/mol. The first-order valence-corrected chi connectivity index (χ1v) is 10.4. The summed E-state index contributed by atoms with van der Waals surface area (Å²) in [4.78, 5) is 5.63. The third kappa shape index (κ3) is 4.08. The molecule has 28 heavy (non-hydrogen) atoms. The Kier molecular flexibility index (Phi) is 5.42. The maximum atomic E-state index is 5.68. The van der Waals surface area contributed by atoms with Crippen molar-refractivity contribution in [3.8, 4) is 11.4 Å². The van der Waals surface area contributed by atoms with Crippen LogP contribution in [0.25, 0.3) is 11.4 Å². The Morgan fingerprint density at radius 1 is 1.11 bits per heavy atom. The summed E-state index contributed by atoms with van der Waals surface area (Å²) < 4.78 is 4.74. The molecule has 6 heteroatoms. The first-order chi connectivity index (χ1) is 13.5. The molecule has 0 radical (unpaired) electrons. The van der Waals surface area contributed by atoms with E-state index in [-0.39, 0.29) is 0 Å². The smallest absolute Gasteiger partial charge is 0.202 e. The number of hydrogen-bond acceptors (Lipinski definition) is 3. The zero-order valence-corrected chi connectivity index (χ0v) is 17.6. The Labute approximate surface area is 171 Å². The highest BCUT2D eigenvalue weighted by Crippen LogP contribution is 2.19. The van der Waals surface area contributed by atoms with E-state index >= 15 is 0 Å². The van der Waals surface area contributed by atoms with Crippen molar-refractivity contribution in [1.82, 2.24) is 19.3 Å². The minimum Gasteiger partial charge on any atom is -0.310 e. The van der Waals surface area contributed by atoms with Crippen molar-refractivity contribution < 1.29 is 4.90 Å². The molecule has 2 heterocycles. The summed E-state index contributed by atoms with van der Waals surface area (Å²) in [5, 5.41) is 4.84. The fourth-order valence-electron chi connectivity index (χ4n) is 3.64. The molecule has 1 N–H and O–H groups in total. The summed E-state index contributed by atoms with van der Waals surface area (Å²) in [6, 6.07) is 13.7. The second-order valence-electron chi connectivity index (χ2n) is 8.06. The van der Waals surface area contributed by atoms with E-state index in [0.717, 1.165) is 29.4 Å². The lowest BCUT2D eigenvalue weighted by molar-refractivity contribution is -0.947. The lowest BCUT2D eigenvalue weighted by atomic mass is 10.0. The SMILES string of the molecule is CC(C)c1ccc(C[NH+](Cn2nc(-c3ccncc3)n(C)c2=S)C2CC2)cc1. The second-order valence-corrected chi connectivity index (χ2v) is 8.43. The first kappa shape index (κ1) is 19.0. The maximum absolute atomic E-state index is 5.68. The molecule has 1 atom stereocenters. The van der Waals surface area contributed by atoms with Gasteiger partial charge in [-0.2, -0.15) is 4.68 Å². The van der Waals surface area contributed by atoms with E-state index in [4.69, 9.17) is 17.3 Å². The maximum Gasteiger partial charge on any atom is 0.202 e. The predicted octanol–water partition coefficient (Wildman–Crippen LogP) is 3.34. The van der Waals surface area contributed by atoms with Gasteiger partial charge in [-0.15, -0.1) is 5.10 Å². The molecule has 0 spiro atoms. The molecule has 1 aliphatic rings. The fraction of sp³-hybridized carbons (Fsp3) is 0.409. The third-order valence-electron chi connectivity index (χ3n) is 5.56. The van der Waals surface area contributed by atoms with Crippen LogP contribution in [0.2, 0.25) is 0 Å². The van der Waals surface area contributed by atoms with Gasteiger partial charge in [0, 0.05) is 43.4 Å². The lowest BCUT2D eigenvalue weighted by Crippen LogP contribution is -3.11. The van der Waals surface area contributed by atoms with Gasteiger partial charge in [0.15, 0.2) is 12.5 Å². The molecule has 1 fully saturated rings. The highest BCUT2D eigenvalue weighted by Gasteiger charge is 2.34. The van der Waals surface area contributed by atoms with Crippen molar-refractivity contribution in [2.45, 2.75) is 51.9 Å². The Morgan fingerprint density at radius 3 is 2.39 bits per heavy atom. The van der Waals surface area contributed by atoms with Crippen LogP contribution in [-0.2, 0) is 20.3 Å². The van der Waals surface area contributed by atoms with E-state index < -0.39 is 0 Å². The van der Waals surface area contributed by atoms with Crippen LogP contribution in [0, 0.1) is 4.77 Å². The van der Waals surface area contributed by atoms with Crippen LogP contribution < -0.4 is 4.90 Å². The highest BCUT2D eigenvalue weighted by molar-refractivity contribution is 7.71. The van der Waals surface area contributed by atoms with Crippen LogP contribution in [0.15, 0.2) is 48.8 Å². The van der Waals surface area contributed by atoms with Gasteiger partial charge in [-0.25, -0.2) is 0 Å². The minimum atomic E-state index is 0.569. The molecule has 1 aromatic carbocycles. The molecule has 1 unspecified atom stereocenters. The fourth-order valence-corrected chi connectivity index (χ4v) is 3.83. The Hall–Kier alpha value is -2.31. The number of pyridine rings is 1. The van der Waals surface area contributed by atoms with Crippen molar-refractivity contribution >= 4 is 12.2 Å². The van der Waals surface area contributed by atoms with E-state index in [9.17, 15) is 0 Å². The molecule has 0 aliphatic heterocycles. The monoisotopic (exact) mass is 394 g/mol. The van der Waals surface area contributed by atoms with Crippen LogP contribution in [0.5, 0.6) is 0 Å². The van der Waals surface area contributed by atoms with Crippen molar-refractivity contribution in [2.24, 2.45) is 7.05 Å². The van der Waals surface area contributed by atoms with Crippen LogP contribution in [-0.4, -0.2) is 25.4 Å². The number of nitrogens with zero attached hydrogens (tertiary/aromatic N) is 4. The molecule has 2 aromatic heterocycles. The molecular formula is C22H28N5S+. The normalized spacial score (nSPS) is 15.1. The molecule has 5 nitrogen and oxygen atoms in total. The largest absolute Gasteiger partial charge is 0.310 e. The zero-order chi connectivity index (χ0) is 19.7. The third-order valence-corrected chi connectivity index (χ3v) is 6.05. The van der Waals surface area contributed by atoms with Crippen molar-refractivity contribution in [3.63, 3.8) is 0 Å². The Bertz CT molecular complexity index is 984. The van der Waals surface area contributed by atoms with Gasteiger partial charge in [0.2, 0.25) is 4.77 Å². The number of hydrogen-bond donors (Lipinski definition) is 1. The summed E-state index contributed by atoms with van der Waals surface area (Å²) in [5.74, 6) is 1.46. The molecule has 4 rings (SSSR count). The molecule has 1 aliphatic carbocycles. The lowest BCUT2D eigenvalue weighted by Gasteiger charge is -2.19. The van der Waals surface area contributed by atoms with E-state index in [1.807, 2.05) is 28.4 Å². The quantitative estimate of drug-likeness (QED) is 0.625. The predicted molar refractivity (Wildman–Crippen MR) is 113 cm³/mol. The van der Waals surface area contributed by atoms with Crippen molar-refractivity contribution in [2.75, 3.05) is 0 Å². The summed E-state index contributed by atoms with van der Waals surface area (Å²) in [6.45, 7) is 6.28. The first-order valence-electron chi connectivity index (χ1n) is 10.0. The number of benzene rings is 1. The van der Waals surface area contributed by atoms with Crippen LogP contribution >= 0.6 is 12.2 Å². The van der Waals surface area contributed by atoms with Gasteiger partial charge < -0.3 is 9.47 Å². The number of quaternary nitrogens is 1. The van der Waals surface area contributed by atoms with E-state index in [0.29, 0.717) is 12.0 Å². The number of rotatable bonds is 7. The van der Waals surface area contributed by atoms with E-state index in [2.05, 4.69) is 43.1 Å². The minimum absolute atomic E-state index is 0.569. The summed E-state index contributed by atoms with van der Waals surface area (Å²) in [7, 11) is 1.99. The molecule has 3 aromatic rings. The van der Waals surface area contributed by atoms with Gasteiger partial charge in [0.1, 0.15) is 6.54 Å². The zero-order valence-electron chi connectivity index (χ0n) is 16.8. The van der Waals surface area contributed by atoms with E-state index in [1.54, 1.807) is 12.4 Å².